The minimum absolute atomic E-state index is 0.201. The van der Waals surface area contributed by atoms with Gasteiger partial charge in [0.1, 0.15) is 17.2 Å². The fourth-order valence-corrected chi connectivity index (χ4v) is 3.88. The number of nitrogens with zero attached hydrogens (tertiary/aromatic N) is 2. The molecule has 0 atom stereocenters. The van der Waals surface area contributed by atoms with Crippen molar-refractivity contribution in [3.05, 3.63) is 95.5 Å². The SMILES string of the molecule is COc1ccccc1CCNC(=O)c1cncn1-c1cccc(-c2cc(Cl)ccc2OC)c1. The number of imidazole rings is 1. The second kappa shape index (κ2) is 10.2. The number of hydrogen-bond donors (Lipinski definition) is 1. The molecule has 6 nitrogen and oxygen atoms in total. The number of aromatic nitrogens is 2. The molecule has 168 valence electrons. The quantitative estimate of drug-likeness (QED) is 0.392. The maximum Gasteiger partial charge on any atom is 0.269 e. The van der Waals surface area contributed by atoms with E-state index in [4.69, 9.17) is 21.1 Å². The molecule has 0 unspecified atom stereocenters. The van der Waals surface area contributed by atoms with Gasteiger partial charge in [0.05, 0.1) is 26.7 Å². The first-order chi connectivity index (χ1) is 16.1. The Balaban J connectivity index is 1.53. The van der Waals surface area contributed by atoms with E-state index in [1.54, 1.807) is 37.4 Å². The van der Waals surface area contributed by atoms with Crippen molar-refractivity contribution in [3.63, 3.8) is 0 Å². The largest absolute Gasteiger partial charge is 0.496 e. The minimum Gasteiger partial charge on any atom is -0.496 e. The first kappa shape index (κ1) is 22.4. The van der Waals surface area contributed by atoms with E-state index in [1.165, 1.54) is 0 Å². The van der Waals surface area contributed by atoms with E-state index in [0.717, 1.165) is 33.9 Å². The monoisotopic (exact) mass is 461 g/mol. The summed E-state index contributed by atoms with van der Waals surface area (Å²) >= 11 is 6.21. The number of rotatable bonds is 8. The number of methoxy groups -OCH3 is 2. The van der Waals surface area contributed by atoms with E-state index in [1.807, 2.05) is 60.7 Å². The standard InChI is InChI=1S/C26H24ClN3O3/c1-32-24-9-4-3-6-18(24)12-13-29-26(31)23-16-28-17-30(23)21-8-5-7-19(14-21)22-15-20(27)10-11-25(22)33-2/h3-11,14-17H,12-13H2,1-2H3,(H,29,31). The number of carbonyl (C=O) groups is 1. The van der Waals surface area contributed by atoms with Crippen LogP contribution in [0.15, 0.2) is 79.3 Å². The number of halogens is 1. The molecule has 1 N–H and O–H groups in total. The van der Waals surface area contributed by atoms with Crippen molar-refractivity contribution in [1.82, 2.24) is 14.9 Å². The molecule has 1 amide bonds. The summed E-state index contributed by atoms with van der Waals surface area (Å²) in [7, 11) is 3.27. The molecular weight excluding hydrogens is 438 g/mol. The molecule has 0 spiro atoms. The maximum absolute atomic E-state index is 12.9. The van der Waals surface area contributed by atoms with Gasteiger partial charge in [-0.15, -0.1) is 0 Å². The predicted molar refractivity (Wildman–Crippen MR) is 130 cm³/mol. The predicted octanol–water partition coefficient (Wildman–Crippen LogP) is 5.18. The fourth-order valence-electron chi connectivity index (χ4n) is 3.71. The van der Waals surface area contributed by atoms with Crippen LogP contribution in [-0.2, 0) is 6.42 Å². The first-order valence-corrected chi connectivity index (χ1v) is 10.9. The second-order valence-electron chi connectivity index (χ2n) is 7.36. The molecule has 0 aliphatic rings. The van der Waals surface area contributed by atoms with Crippen LogP contribution in [0.2, 0.25) is 5.02 Å². The molecular formula is C26H24ClN3O3. The van der Waals surface area contributed by atoms with Crippen LogP contribution in [0.5, 0.6) is 11.5 Å². The Morgan fingerprint density at radius 2 is 1.82 bits per heavy atom. The number of ether oxygens (including phenoxy) is 2. The molecule has 0 aliphatic heterocycles. The number of para-hydroxylation sites is 1. The van der Waals surface area contributed by atoms with Crippen LogP contribution in [0.25, 0.3) is 16.8 Å². The summed E-state index contributed by atoms with van der Waals surface area (Å²) in [5.74, 6) is 1.33. The lowest BCUT2D eigenvalue weighted by Crippen LogP contribution is -2.27. The summed E-state index contributed by atoms with van der Waals surface area (Å²) in [6.45, 7) is 0.476. The average molecular weight is 462 g/mol. The van der Waals surface area contributed by atoms with Gasteiger partial charge in [0.15, 0.2) is 0 Å². The number of hydrogen-bond acceptors (Lipinski definition) is 4. The fraction of sp³-hybridized carbons (Fsp3) is 0.154. The molecule has 0 aliphatic carbocycles. The summed E-state index contributed by atoms with van der Waals surface area (Å²) in [6.07, 6.45) is 3.85. The van der Waals surface area contributed by atoms with E-state index in [9.17, 15) is 4.79 Å². The smallest absolute Gasteiger partial charge is 0.269 e. The summed E-state index contributed by atoms with van der Waals surface area (Å²) in [5, 5.41) is 3.59. The van der Waals surface area contributed by atoms with Gasteiger partial charge in [-0.05, 0) is 53.9 Å². The van der Waals surface area contributed by atoms with Crippen LogP contribution in [0.1, 0.15) is 16.1 Å². The Morgan fingerprint density at radius 3 is 2.64 bits per heavy atom. The van der Waals surface area contributed by atoms with Gasteiger partial charge in [-0.2, -0.15) is 0 Å². The van der Waals surface area contributed by atoms with E-state index < -0.39 is 0 Å². The van der Waals surface area contributed by atoms with Crippen LogP contribution in [-0.4, -0.2) is 36.2 Å². The zero-order valence-electron chi connectivity index (χ0n) is 18.4. The summed E-state index contributed by atoms with van der Waals surface area (Å²) in [5.41, 5.74) is 4.09. The second-order valence-corrected chi connectivity index (χ2v) is 7.80. The van der Waals surface area contributed by atoms with Crippen LogP contribution < -0.4 is 14.8 Å². The summed E-state index contributed by atoms with van der Waals surface area (Å²) < 4.78 is 12.6. The maximum atomic E-state index is 12.9. The molecule has 0 radical (unpaired) electrons. The highest BCUT2D eigenvalue weighted by Gasteiger charge is 2.15. The van der Waals surface area contributed by atoms with Crippen LogP contribution in [0, 0.1) is 0 Å². The zero-order chi connectivity index (χ0) is 23.2. The first-order valence-electron chi connectivity index (χ1n) is 10.5. The van der Waals surface area contributed by atoms with E-state index in [-0.39, 0.29) is 5.91 Å². The zero-order valence-corrected chi connectivity index (χ0v) is 19.2. The third-order valence-corrected chi connectivity index (χ3v) is 5.58. The third kappa shape index (κ3) is 5.02. The van der Waals surface area contributed by atoms with Gasteiger partial charge >= 0.3 is 0 Å². The number of nitrogens with one attached hydrogen (secondary N) is 1. The molecule has 1 heterocycles. The van der Waals surface area contributed by atoms with Gasteiger partial charge in [-0.3, -0.25) is 9.36 Å². The lowest BCUT2D eigenvalue weighted by Gasteiger charge is -2.13. The van der Waals surface area contributed by atoms with E-state index >= 15 is 0 Å². The Hall–Kier alpha value is -3.77. The molecule has 0 bridgehead atoms. The molecule has 0 saturated carbocycles. The molecule has 7 heteroatoms. The van der Waals surface area contributed by atoms with Crippen LogP contribution in [0.3, 0.4) is 0 Å². The van der Waals surface area contributed by atoms with Gasteiger partial charge in [0, 0.05) is 22.8 Å². The molecule has 33 heavy (non-hydrogen) atoms. The van der Waals surface area contributed by atoms with Gasteiger partial charge in [-0.1, -0.05) is 41.9 Å². The van der Waals surface area contributed by atoms with Gasteiger partial charge in [-0.25, -0.2) is 4.98 Å². The highest BCUT2D eigenvalue weighted by atomic mass is 35.5. The minimum atomic E-state index is -0.201. The molecule has 0 saturated heterocycles. The lowest BCUT2D eigenvalue weighted by molar-refractivity contribution is 0.0947. The van der Waals surface area contributed by atoms with Gasteiger partial charge in [0.25, 0.3) is 5.91 Å². The average Bonchev–Trinajstić information content (AvgIpc) is 3.34. The molecule has 3 aromatic carbocycles. The van der Waals surface area contributed by atoms with Crippen molar-refractivity contribution < 1.29 is 14.3 Å². The van der Waals surface area contributed by atoms with Crippen molar-refractivity contribution in [2.75, 3.05) is 20.8 Å². The molecule has 4 aromatic rings. The van der Waals surface area contributed by atoms with Crippen LogP contribution in [0.4, 0.5) is 0 Å². The summed E-state index contributed by atoms with van der Waals surface area (Å²) in [4.78, 5) is 17.1. The Labute approximate surface area is 197 Å². The lowest BCUT2D eigenvalue weighted by atomic mass is 10.0. The topological polar surface area (TPSA) is 65.4 Å². The molecule has 1 aromatic heterocycles. The highest BCUT2D eigenvalue weighted by Crippen LogP contribution is 2.33. The van der Waals surface area contributed by atoms with Crippen molar-refractivity contribution in [1.29, 1.82) is 0 Å². The van der Waals surface area contributed by atoms with Crippen LogP contribution >= 0.6 is 11.6 Å². The van der Waals surface area contributed by atoms with Crippen molar-refractivity contribution in [3.8, 4) is 28.3 Å². The summed E-state index contributed by atoms with van der Waals surface area (Å²) in [6, 6.07) is 21.1. The molecule has 0 fully saturated rings. The number of benzene rings is 3. The van der Waals surface area contributed by atoms with Crippen molar-refractivity contribution in [2.45, 2.75) is 6.42 Å². The number of carbonyl (C=O) groups excluding carboxylic acids is 1. The third-order valence-electron chi connectivity index (χ3n) is 5.34. The number of amides is 1. The highest BCUT2D eigenvalue weighted by molar-refractivity contribution is 6.31. The Kier molecular flexibility index (Phi) is 6.95. The van der Waals surface area contributed by atoms with Gasteiger partial charge in [0.2, 0.25) is 0 Å². The van der Waals surface area contributed by atoms with Gasteiger partial charge < -0.3 is 14.8 Å². The van der Waals surface area contributed by atoms with E-state index in [0.29, 0.717) is 23.7 Å². The van der Waals surface area contributed by atoms with Crippen molar-refractivity contribution >= 4 is 17.5 Å². The van der Waals surface area contributed by atoms with E-state index in [2.05, 4.69) is 10.3 Å². The van der Waals surface area contributed by atoms with Crippen molar-refractivity contribution in [2.24, 2.45) is 0 Å². The molecule has 4 rings (SSSR count). The Bertz CT molecular complexity index is 1270. The Morgan fingerprint density at radius 1 is 1.00 bits per heavy atom. The normalized spacial score (nSPS) is 10.6.